The lowest BCUT2D eigenvalue weighted by molar-refractivity contribution is -0.385. The van der Waals surface area contributed by atoms with Crippen LogP contribution >= 0.6 is 0 Å². The fraction of sp³-hybridized carbons (Fsp3) is 0.217. The molecular formula is C23H20F3NO4. The number of unbranched alkanes of at least 4 members (excludes halogenated alkanes) is 1. The van der Waals surface area contributed by atoms with Crippen molar-refractivity contribution in [2.75, 3.05) is 6.61 Å². The molecule has 0 bridgehead atoms. The topological polar surface area (TPSA) is 61.6 Å². The first-order valence-electron chi connectivity index (χ1n) is 9.63. The van der Waals surface area contributed by atoms with E-state index in [0.717, 1.165) is 31.4 Å². The molecule has 0 aliphatic carbocycles. The Balaban J connectivity index is 1.62. The van der Waals surface area contributed by atoms with Crippen LogP contribution in [0, 0.1) is 10.1 Å². The van der Waals surface area contributed by atoms with E-state index in [4.69, 9.17) is 4.74 Å². The normalized spacial score (nSPS) is 11.2. The predicted molar refractivity (Wildman–Crippen MR) is 110 cm³/mol. The number of halogens is 3. The maximum Gasteiger partial charge on any atom is 0.573 e. The maximum atomic E-state index is 12.3. The molecule has 0 N–H and O–H groups in total. The zero-order valence-corrected chi connectivity index (χ0v) is 16.5. The first-order valence-corrected chi connectivity index (χ1v) is 9.63. The summed E-state index contributed by atoms with van der Waals surface area (Å²) in [6.45, 7) is 0.344. The number of ether oxygens (including phenoxy) is 2. The van der Waals surface area contributed by atoms with Crippen molar-refractivity contribution in [1.82, 2.24) is 0 Å². The highest BCUT2D eigenvalue weighted by Gasteiger charge is 2.31. The summed E-state index contributed by atoms with van der Waals surface area (Å²) in [5, 5.41) is 11.5. The van der Waals surface area contributed by atoms with Crippen LogP contribution in [0.15, 0.2) is 72.8 Å². The third kappa shape index (κ3) is 6.74. The summed E-state index contributed by atoms with van der Waals surface area (Å²) in [5.41, 5.74) is 2.04. The summed E-state index contributed by atoms with van der Waals surface area (Å²) in [5.74, 6) is -0.202. The summed E-state index contributed by atoms with van der Waals surface area (Å²) >= 11 is 0. The average Bonchev–Trinajstić information content (AvgIpc) is 2.74. The molecule has 0 fully saturated rings. The molecule has 0 amide bonds. The summed E-state index contributed by atoms with van der Waals surface area (Å²) in [6.07, 6.45) is -2.24. The third-order valence-corrected chi connectivity index (χ3v) is 4.54. The minimum absolute atomic E-state index is 0.158. The van der Waals surface area contributed by atoms with E-state index < -0.39 is 11.3 Å². The van der Waals surface area contributed by atoms with Gasteiger partial charge in [-0.2, -0.15) is 0 Å². The molecule has 0 spiro atoms. The highest BCUT2D eigenvalue weighted by molar-refractivity contribution is 5.69. The number of nitrogens with zero attached hydrogens (tertiary/aromatic N) is 1. The lowest BCUT2D eigenvalue weighted by atomic mass is 10.0. The molecule has 8 heteroatoms. The Labute approximate surface area is 177 Å². The molecule has 162 valence electrons. The first-order chi connectivity index (χ1) is 14.8. The molecule has 0 atom stereocenters. The molecule has 3 aromatic rings. The molecule has 0 aliphatic rings. The number of hydrogen-bond acceptors (Lipinski definition) is 4. The van der Waals surface area contributed by atoms with Gasteiger partial charge in [0.05, 0.1) is 11.5 Å². The van der Waals surface area contributed by atoms with Crippen molar-refractivity contribution in [3.8, 4) is 22.6 Å². The molecule has 0 radical (unpaired) electrons. The Kier molecular flexibility index (Phi) is 7.12. The van der Waals surface area contributed by atoms with E-state index >= 15 is 0 Å². The van der Waals surface area contributed by atoms with E-state index in [-0.39, 0.29) is 17.2 Å². The Morgan fingerprint density at radius 2 is 1.55 bits per heavy atom. The lowest BCUT2D eigenvalue weighted by Crippen LogP contribution is -2.16. The number of rotatable bonds is 9. The standard InChI is InChI=1S/C23H20F3NO4/c24-23(25,26)31-20-12-9-18(10-13-20)19-11-14-22(21(16-19)27(28)29)30-15-5-4-8-17-6-2-1-3-7-17/h1-3,6-7,9-14,16H,4-5,8,15H2. The fourth-order valence-electron chi connectivity index (χ4n) is 3.07. The monoisotopic (exact) mass is 431 g/mol. The van der Waals surface area contributed by atoms with Crippen molar-refractivity contribution < 1.29 is 27.6 Å². The van der Waals surface area contributed by atoms with Gasteiger partial charge in [0.1, 0.15) is 5.75 Å². The number of nitro benzene ring substituents is 1. The van der Waals surface area contributed by atoms with Crippen LogP contribution in [0.5, 0.6) is 11.5 Å². The van der Waals surface area contributed by atoms with E-state index in [1.54, 1.807) is 6.07 Å². The van der Waals surface area contributed by atoms with Crippen LogP contribution in [-0.2, 0) is 6.42 Å². The largest absolute Gasteiger partial charge is 0.573 e. The van der Waals surface area contributed by atoms with Crippen molar-refractivity contribution in [1.29, 1.82) is 0 Å². The van der Waals surface area contributed by atoms with Gasteiger partial charge in [0.15, 0.2) is 5.75 Å². The summed E-state index contributed by atoms with van der Waals surface area (Å²) < 4.78 is 46.3. The Morgan fingerprint density at radius 1 is 0.871 bits per heavy atom. The quantitative estimate of drug-likeness (QED) is 0.219. The van der Waals surface area contributed by atoms with Crippen molar-refractivity contribution in [3.05, 3.63) is 88.5 Å². The zero-order valence-electron chi connectivity index (χ0n) is 16.5. The first kappa shape index (κ1) is 22.1. The highest BCUT2D eigenvalue weighted by atomic mass is 19.4. The van der Waals surface area contributed by atoms with Crippen LogP contribution in [0.1, 0.15) is 18.4 Å². The van der Waals surface area contributed by atoms with Crippen molar-refractivity contribution in [2.24, 2.45) is 0 Å². The van der Waals surface area contributed by atoms with Gasteiger partial charge >= 0.3 is 12.0 Å². The van der Waals surface area contributed by atoms with Crippen molar-refractivity contribution in [3.63, 3.8) is 0 Å². The molecule has 0 aliphatic heterocycles. The number of alkyl halides is 3. The van der Waals surface area contributed by atoms with E-state index in [2.05, 4.69) is 4.74 Å². The molecule has 0 heterocycles. The van der Waals surface area contributed by atoms with Gasteiger partial charge in [-0.05, 0) is 54.2 Å². The highest BCUT2D eigenvalue weighted by Crippen LogP contribution is 2.33. The fourth-order valence-corrected chi connectivity index (χ4v) is 3.07. The van der Waals surface area contributed by atoms with Crippen molar-refractivity contribution >= 4 is 5.69 Å². The Bertz CT molecular complexity index is 1010. The molecule has 3 aromatic carbocycles. The summed E-state index contributed by atoms with van der Waals surface area (Å²) in [4.78, 5) is 10.9. The van der Waals surface area contributed by atoms with Crippen LogP contribution in [0.3, 0.4) is 0 Å². The SMILES string of the molecule is O=[N+]([O-])c1cc(-c2ccc(OC(F)(F)F)cc2)ccc1OCCCCc1ccccc1. The van der Waals surface area contributed by atoms with Gasteiger partial charge in [-0.3, -0.25) is 10.1 Å². The lowest BCUT2D eigenvalue weighted by Gasteiger charge is -2.10. The number of hydrogen-bond donors (Lipinski definition) is 0. The summed E-state index contributed by atoms with van der Waals surface area (Å²) in [7, 11) is 0. The van der Waals surface area contributed by atoms with Crippen LogP contribution in [-0.4, -0.2) is 17.9 Å². The van der Waals surface area contributed by atoms with Crippen LogP contribution in [0.25, 0.3) is 11.1 Å². The second kappa shape index (κ2) is 9.97. The molecule has 3 rings (SSSR count). The molecule has 0 aromatic heterocycles. The minimum Gasteiger partial charge on any atom is -0.487 e. The van der Waals surface area contributed by atoms with E-state index in [1.807, 2.05) is 30.3 Å². The van der Waals surface area contributed by atoms with Crippen LogP contribution in [0.4, 0.5) is 18.9 Å². The van der Waals surface area contributed by atoms with Gasteiger partial charge in [-0.1, -0.05) is 48.5 Å². The van der Waals surface area contributed by atoms with Gasteiger partial charge < -0.3 is 9.47 Å². The predicted octanol–water partition coefficient (Wildman–Crippen LogP) is 6.56. The number of aryl methyl sites for hydroxylation is 1. The van der Waals surface area contributed by atoms with Gasteiger partial charge in [-0.25, -0.2) is 0 Å². The van der Waals surface area contributed by atoms with Gasteiger partial charge in [0, 0.05) is 6.07 Å². The molecule has 0 saturated heterocycles. The number of benzene rings is 3. The van der Waals surface area contributed by atoms with Crippen molar-refractivity contribution in [2.45, 2.75) is 25.6 Å². The van der Waals surface area contributed by atoms with E-state index in [9.17, 15) is 23.3 Å². The van der Waals surface area contributed by atoms with E-state index in [0.29, 0.717) is 17.7 Å². The molecule has 0 unspecified atom stereocenters. The second-order valence-electron chi connectivity index (χ2n) is 6.80. The zero-order chi connectivity index (χ0) is 22.3. The molecular weight excluding hydrogens is 411 g/mol. The Hall–Kier alpha value is -3.55. The minimum atomic E-state index is -4.78. The molecule has 0 saturated carbocycles. The van der Waals surface area contributed by atoms with Gasteiger partial charge in [-0.15, -0.1) is 13.2 Å². The molecule has 31 heavy (non-hydrogen) atoms. The average molecular weight is 431 g/mol. The van der Waals surface area contributed by atoms with Crippen LogP contribution in [0.2, 0.25) is 0 Å². The number of nitro groups is 1. The maximum absolute atomic E-state index is 12.3. The van der Waals surface area contributed by atoms with E-state index in [1.165, 1.54) is 29.8 Å². The summed E-state index contributed by atoms with van der Waals surface area (Å²) in [6, 6.07) is 19.6. The van der Waals surface area contributed by atoms with Gasteiger partial charge in [0.25, 0.3) is 0 Å². The smallest absolute Gasteiger partial charge is 0.487 e. The third-order valence-electron chi connectivity index (χ3n) is 4.54. The van der Waals surface area contributed by atoms with Crippen LogP contribution < -0.4 is 9.47 Å². The molecule has 5 nitrogen and oxygen atoms in total. The van der Waals surface area contributed by atoms with Gasteiger partial charge in [0.2, 0.25) is 0 Å². The second-order valence-corrected chi connectivity index (χ2v) is 6.80. The Morgan fingerprint density at radius 3 is 2.19 bits per heavy atom.